The normalized spacial score (nSPS) is 18.8. The lowest BCUT2D eigenvalue weighted by atomic mass is 9.96. The molecule has 128 valence electrons. The summed E-state index contributed by atoms with van der Waals surface area (Å²) in [6.45, 7) is 0.896. The molecule has 2 rings (SSSR count). The van der Waals surface area contributed by atoms with Gasteiger partial charge in [-0.25, -0.2) is 4.98 Å². The summed E-state index contributed by atoms with van der Waals surface area (Å²) in [5.74, 6) is -1.41. The Morgan fingerprint density at radius 2 is 2.22 bits per heavy atom. The highest BCUT2D eigenvalue weighted by Crippen LogP contribution is 2.23. The molecule has 0 spiro atoms. The fourth-order valence-electron chi connectivity index (χ4n) is 2.66. The number of hydrogen-bond acceptors (Lipinski definition) is 4. The second kappa shape index (κ2) is 7.29. The minimum absolute atomic E-state index is 0.00508. The van der Waals surface area contributed by atoms with Crippen LogP contribution in [0, 0.1) is 5.92 Å². The number of halogens is 3. The first-order valence-corrected chi connectivity index (χ1v) is 8.29. The average molecular weight is 349 g/mol. The summed E-state index contributed by atoms with van der Waals surface area (Å²) in [6.07, 6.45) is -3.33. The largest absolute Gasteiger partial charge is 0.406 e. The first-order valence-electron chi connectivity index (χ1n) is 7.35. The van der Waals surface area contributed by atoms with Crippen molar-refractivity contribution in [2.24, 2.45) is 5.92 Å². The number of aromatic nitrogens is 1. The smallest absolute Gasteiger partial charge is 0.336 e. The SMILES string of the molecule is CCN(CC(F)(F)F)C(=O)[C@@H]1CCCN(C(=O)c2cscn2)C1. The van der Waals surface area contributed by atoms with Gasteiger partial charge in [0.2, 0.25) is 5.91 Å². The third kappa shape index (κ3) is 4.66. The van der Waals surface area contributed by atoms with E-state index in [2.05, 4.69) is 4.98 Å². The van der Waals surface area contributed by atoms with Crippen molar-refractivity contribution >= 4 is 23.2 Å². The monoisotopic (exact) mass is 349 g/mol. The summed E-state index contributed by atoms with van der Waals surface area (Å²) in [4.78, 5) is 30.9. The zero-order valence-corrected chi connectivity index (χ0v) is 13.5. The van der Waals surface area contributed by atoms with Gasteiger partial charge in [-0.2, -0.15) is 13.2 Å². The van der Waals surface area contributed by atoms with Crippen molar-refractivity contribution < 1.29 is 22.8 Å². The van der Waals surface area contributed by atoms with Crippen molar-refractivity contribution in [1.82, 2.24) is 14.8 Å². The predicted octanol–water partition coefficient (Wildman–Crippen LogP) is 2.41. The molecule has 0 saturated carbocycles. The van der Waals surface area contributed by atoms with E-state index in [9.17, 15) is 22.8 Å². The van der Waals surface area contributed by atoms with Gasteiger partial charge in [-0.05, 0) is 19.8 Å². The van der Waals surface area contributed by atoms with Crippen molar-refractivity contribution in [2.75, 3.05) is 26.2 Å². The van der Waals surface area contributed by atoms with Gasteiger partial charge in [0.15, 0.2) is 0 Å². The molecule has 9 heteroatoms. The molecule has 5 nitrogen and oxygen atoms in total. The zero-order chi connectivity index (χ0) is 17.0. The number of nitrogens with zero attached hydrogens (tertiary/aromatic N) is 3. The van der Waals surface area contributed by atoms with Crippen LogP contribution in [0.15, 0.2) is 10.9 Å². The standard InChI is InChI=1S/C14H18F3N3O2S/c1-2-19(8-14(15,16)17)12(21)10-4-3-5-20(6-10)13(22)11-7-23-9-18-11/h7,9-10H,2-6,8H2,1H3/t10-/m1/s1. The van der Waals surface area contributed by atoms with Gasteiger partial charge in [0.05, 0.1) is 11.4 Å². The van der Waals surface area contributed by atoms with Crippen molar-refractivity contribution in [3.63, 3.8) is 0 Å². The number of likely N-dealkylation sites (tertiary alicyclic amines) is 1. The average Bonchev–Trinajstić information content (AvgIpc) is 3.05. The molecule has 2 heterocycles. The number of rotatable bonds is 4. The summed E-state index contributed by atoms with van der Waals surface area (Å²) in [6, 6.07) is 0. The Morgan fingerprint density at radius 3 is 2.78 bits per heavy atom. The first kappa shape index (κ1) is 17.7. The van der Waals surface area contributed by atoms with Crippen LogP contribution >= 0.6 is 11.3 Å². The van der Waals surface area contributed by atoms with Crippen molar-refractivity contribution in [3.8, 4) is 0 Å². The van der Waals surface area contributed by atoms with Gasteiger partial charge in [0, 0.05) is 25.0 Å². The van der Waals surface area contributed by atoms with Crippen molar-refractivity contribution in [2.45, 2.75) is 25.9 Å². The molecular weight excluding hydrogens is 331 g/mol. The number of piperidine rings is 1. The highest BCUT2D eigenvalue weighted by Gasteiger charge is 2.36. The Morgan fingerprint density at radius 1 is 1.48 bits per heavy atom. The second-order valence-corrected chi connectivity index (χ2v) is 6.15. The summed E-state index contributed by atoms with van der Waals surface area (Å²) < 4.78 is 37.6. The maximum Gasteiger partial charge on any atom is 0.406 e. The van der Waals surface area contributed by atoms with E-state index in [0.717, 1.165) is 4.90 Å². The highest BCUT2D eigenvalue weighted by molar-refractivity contribution is 7.07. The molecule has 0 N–H and O–H groups in total. The molecule has 1 atom stereocenters. The minimum atomic E-state index is -4.42. The Kier molecular flexibility index (Phi) is 5.61. The van der Waals surface area contributed by atoms with Gasteiger partial charge in [0.25, 0.3) is 5.91 Å². The summed E-state index contributed by atoms with van der Waals surface area (Å²) >= 11 is 1.30. The molecule has 1 aliphatic rings. The second-order valence-electron chi connectivity index (χ2n) is 5.43. The zero-order valence-electron chi connectivity index (χ0n) is 12.7. The van der Waals surface area contributed by atoms with E-state index < -0.39 is 24.5 Å². The molecule has 1 fully saturated rings. The molecule has 1 aromatic rings. The van der Waals surface area contributed by atoms with Gasteiger partial charge in [-0.3, -0.25) is 9.59 Å². The molecule has 1 aliphatic heterocycles. The van der Waals surface area contributed by atoms with E-state index in [1.165, 1.54) is 23.2 Å². The third-order valence-electron chi connectivity index (χ3n) is 3.77. The maximum absolute atomic E-state index is 12.5. The van der Waals surface area contributed by atoms with E-state index in [-0.39, 0.29) is 19.0 Å². The van der Waals surface area contributed by atoms with Gasteiger partial charge in [-0.1, -0.05) is 0 Å². The van der Waals surface area contributed by atoms with Crippen LogP contribution in [0.2, 0.25) is 0 Å². The van der Waals surface area contributed by atoms with Crippen LogP contribution in [0.1, 0.15) is 30.3 Å². The van der Waals surface area contributed by atoms with E-state index in [1.807, 2.05) is 0 Å². The van der Waals surface area contributed by atoms with Gasteiger partial charge in [0.1, 0.15) is 12.2 Å². The number of alkyl halides is 3. The lowest BCUT2D eigenvalue weighted by Crippen LogP contribution is -2.48. The van der Waals surface area contributed by atoms with Gasteiger partial charge >= 0.3 is 6.18 Å². The highest BCUT2D eigenvalue weighted by atomic mass is 32.1. The summed E-state index contributed by atoms with van der Waals surface area (Å²) in [5.41, 5.74) is 1.85. The third-order valence-corrected chi connectivity index (χ3v) is 4.36. The van der Waals surface area contributed by atoms with E-state index >= 15 is 0 Å². The summed E-state index contributed by atoms with van der Waals surface area (Å²) in [7, 11) is 0. The molecule has 1 saturated heterocycles. The number of carbonyl (C=O) groups is 2. The van der Waals surface area contributed by atoms with Crippen LogP contribution in [-0.2, 0) is 4.79 Å². The number of amides is 2. The fraction of sp³-hybridized carbons (Fsp3) is 0.643. The quantitative estimate of drug-likeness (QED) is 0.839. The predicted molar refractivity (Wildman–Crippen MR) is 79.1 cm³/mol. The van der Waals surface area contributed by atoms with Crippen LogP contribution in [-0.4, -0.2) is 59.0 Å². The molecule has 1 aromatic heterocycles. The molecule has 23 heavy (non-hydrogen) atoms. The van der Waals surface area contributed by atoms with Crippen LogP contribution < -0.4 is 0 Å². The van der Waals surface area contributed by atoms with Crippen molar-refractivity contribution in [1.29, 1.82) is 0 Å². The molecule has 0 aromatic carbocycles. The van der Waals surface area contributed by atoms with Crippen LogP contribution in [0.4, 0.5) is 13.2 Å². The molecule has 0 radical (unpaired) electrons. The molecule has 0 unspecified atom stereocenters. The lowest BCUT2D eigenvalue weighted by Gasteiger charge is -2.34. The van der Waals surface area contributed by atoms with Gasteiger partial charge in [-0.15, -0.1) is 11.3 Å². The van der Waals surface area contributed by atoms with Crippen molar-refractivity contribution in [3.05, 3.63) is 16.6 Å². The van der Waals surface area contributed by atoms with Crippen LogP contribution in [0.25, 0.3) is 0 Å². The summed E-state index contributed by atoms with van der Waals surface area (Å²) in [5, 5.41) is 1.62. The maximum atomic E-state index is 12.5. The topological polar surface area (TPSA) is 53.5 Å². The Bertz CT molecular complexity index is 548. The number of thiazole rings is 1. The number of hydrogen-bond donors (Lipinski definition) is 0. The fourth-order valence-corrected chi connectivity index (χ4v) is 3.19. The molecule has 2 amide bonds. The van der Waals surface area contributed by atoms with E-state index in [1.54, 1.807) is 10.9 Å². The first-order chi connectivity index (χ1) is 10.8. The molecular formula is C14H18F3N3O2S. The van der Waals surface area contributed by atoms with Gasteiger partial charge < -0.3 is 9.80 Å². The lowest BCUT2D eigenvalue weighted by molar-refractivity contribution is -0.164. The van der Waals surface area contributed by atoms with E-state index in [0.29, 0.717) is 25.1 Å². The molecule has 0 aliphatic carbocycles. The molecule has 0 bridgehead atoms. The Labute approximate surface area is 136 Å². The number of carbonyl (C=O) groups excluding carboxylic acids is 2. The van der Waals surface area contributed by atoms with E-state index in [4.69, 9.17) is 0 Å². The Hall–Kier alpha value is -1.64. The van der Waals surface area contributed by atoms with Crippen LogP contribution in [0.5, 0.6) is 0 Å². The Balaban J connectivity index is 2.02. The van der Waals surface area contributed by atoms with Crippen LogP contribution in [0.3, 0.4) is 0 Å². The minimum Gasteiger partial charge on any atom is -0.336 e.